The normalized spacial score (nSPS) is 23.3. The molecular weight excluding hydrogens is 570 g/mol. The van der Waals surface area contributed by atoms with Crippen LogP contribution in [0.4, 0.5) is 0 Å². The quantitative estimate of drug-likeness (QED) is 0.162. The Hall–Kier alpha value is -2.67. The van der Waals surface area contributed by atoms with Gasteiger partial charge >= 0.3 is 0 Å². The molecule has 44 heavy (non-hydrogen) atoms. The number of carbonyl (C=O) groups excluding carboxylic acids is 5. The van der Waals surface area contributed by atoms with Crippen LogP contribution in [0.2, 0.25) is 0 Å². The van der Waals surface area contributed by atoms with Gasteiger partial charge in [0.15, 0.2) is 0 Å². The van der Waals surface area contributed by atoms with Crippen LogP contribution in [0, 0.1) is 23.7 Å². The molecule has 4 amide bonds. The predicted octanol–water partition coefficient (Wildman–Crippen LogP) is 2.18. The van der Waals surface area contributed by atoms with E-state index >= 15 is 0 Å². The number of hydrogen-bond acceptors (Lipinski definition) is 9. The van der Waals surface area contributed by atoms with Crippen molar-refractivity contribution in [2.75, 3.05) is 65.9 Å². The monoisotopic (exact) mass is 623 g/mol. The molecule has 0 bridgehead atoms. The molecule has 3 rings (SSSR count). The topological polar surface area (TPSA) is 164 Å². The van der Waals surface area contributed by atoms with Crippen molar-refractivity contribution in [1.82, 2.24) is 10.2 Å². The molecule has 2 aliphatic carbocycles. The van der Waals surface area contributed by atoms with Crippen LogP contribution in [-0.2, 0) is 42.9 Å². The molecule has 0 aromatic carbocycles. The number of nitrogens with zero attached hydrogens (tertiary/aromatic N) is 1. The van der Waals surface area contributed by atoms with Gasteiger partial charge in [0.05, 0.1) is 46.2 Å². The first-order chi connectivity index (χ1) is 21.2. The maximum Gasteiger partial charge on any atom is 0.253 e. The fourth-order valence-electron chi connectivity index (χ4n) is 5.59. The molecule has 3 N–H and O–H groups in total. The zero-order chi connectivity index (χ0) is 32.2. The van der Waals surface area contributed by atoms with Gasteiger partial charge in [-0.2, -0.15) is 0 Å². The van der Waals surface area contributed by atoms with Crippen molar-refractivity contribution in [3.05, 3.63) is 12.2 Å². The minimum Gasteiger partial charge on any atom is -0.379 e. The lowest BCUT2D eigenvalue weighted by atomic mass is 9.80. The molecule has 0 saturated heterocycles. The Balaban J connectivity index is 0.000000338. The van der Waals surface area contributed by atoms with Crippen molar-refractivity contribution >= 4 is 29.4 Å². The molecule has 0 aromatic rings. The van der Waals surface area contributed by atoms with Gasteiger partial charge in [0.2, 0.25) is 11.8 Å². The average molecular weight is 624 g/mol. The first-order valence-corrected chi connectivity index (χ1v) is 16.1. The van der Waals surface area contributed by atoms with Crippen LogP contribution in [0.3, 0.4) is 0 Å². The molecule has 250 valence electrons. The third kappa shape index (κ3) is 15.4. The van der Waals surface area contributed by atoms with E-state index in [1.54, 1.807) is 6.92 Å². The molecule has 0 radical (unpaired) electrons. The van der Waals surface area contributed by atoms with Crippen molar-refractivity contribution in [3.63, 3.8) is 0 Å². The van der Waals surface area contributed by atoms with Crippen molar-refractivity contribution in [2.24, 2.45) is 29.4 Å². The summed E-state index contributed by atoms with van der Waals surface area (Å²) >= 11 is 0. The van der Waals surface area contributed by atoms with E-state index in [4.69, 9.17) is 24.7 Å². The third-order valence-corrected chi connectivity index (χ3v) is 8.39. The van der Waals surface area contributed by atoms with E-state index in [0.29, 0.717) is 90.0 Å². The Morgan fingerprint density at radius 3 is 1.73 bits per heavy atom. The number of ketones is 1. The summed E-state index contributed by atoms with van der Waals surface area (Å²) in [6.45, 7) is 9.15. The second-order valence-corrected chi connectivity index (χ2v) is 11.7. The molecule has 3 aliphatic rings. The lowest BCUT2D eigenvalue weighted by Crippen LogP contribution is -2.37. The van der Waals surface area contributed by atoms with Gasteiger partial charge in [-0.15, -0.1) is 0 Å². The number of nitrogens with two attached hydrogens (primary N) is 1. The minimum atomic E-state index is -0.238. The van der Waals surface area contributed by atoms with E-state index in [9.17, 15) is 24.0 Å². The van der Waals surface area contributed by atoms with Gasteiger partial charge in [-0.3, -0.25) is 28.9 Å². The molecule has 0 atom stereocenters. The Labute approximate surface area is 261 Å². The molecule has 0 spiro atoms. The smallest absolute Gasteiger partial charge is 0.253 e. The summed E-state index contributed by atoms with van der Waals surface area (Å²) in [5, 5.41) is 2.97. The lowest BCUT2D eigenvalue weighted by molar-refractivity contribution is -0.138. The van der Waals surface area contributed by atoms with Crippen molar-refractivity contribution < 1.29 is 42.9 Å². The summed E-state index contributed by atoms with van der Waals surface area (Å²) in [4.78, 5) is 58.2. The van der Waals surface area contributed by atoms with Gasteiger partial charge in [0, 0.05) is 50.1 Å². The van der Waals surface area contributed by atoms with Crippen molar-refractivity contribution in [2.45, 2.75) is 71.6 Å². The summed E-state index contributed by atoms with van der Waals surface area (Å²) in [7, 11) is 0. The van der Waals surface area contributed by atoms with Crippen molar-refractivity contribution in [1.29, 1.82) is 0 Å². The number of amides is 4. The summed E-state index contributed by atoms with van der Waals surface area (Å²) < 4.78 is 21.3. The standard InChI is InChI=1S/C20H37NO6.C12H16N2O3/c1-3-24-10-11-26-14-15-27-13-12-25-9-8-20(23)21-16-18-4-6-19(7-5-18)17(2)22;13-12(17)9-3-1-8(2-4-9)7-14-10(15)5-6-11(14)16/h18-19H,3-16H2,1-2H3,(H,21,23);5-6,8-9H,1-4,7H2,(H2,13,17). The summed E-state index contributed by atoms with van der Waals surface area (Å²) in [6.07, 6.45) is 10.2. The Morgan fingerprint density at radius 1 is 0.750 bits per heavy atom. The number of Topliss-reactive ketones (excluding diaryl/α,β-unsaturated/α-hetero) is 1. The fourth-order valence-corrected chi connectivity index (χ4v) is 5.59. The molecule has 12 nitrogen and oxygen atoms in total. The maximum atomic E-state index is 11.8. The van der Waals surface area contributed by atoms with Crippen LogP contribution >= 0.6 is 0 Å². The lowest BCUT2D eigenvalue weighted by Gasteiger charge is -2.29. The van der Waals surface area contributed by atoms with E-state index < -0.39 is 0 Å². The SMILES string of the molecule is CCOCCOCCOCCOCCC(=O)NCC1CCC(C(C)=O)CC1.NC(=O)C1CCC(CN2C(=O)C=CC2=O)CC1. The number of hydrogen-bond donors (Lipinski definition) is 2. The highest BCUT2D eigenvalue weighted by Crippen LogP contribution is 2.30. The average Bonchev–Trinajstić information content (AvgIpc) is 3.33. The van der Waals surface area contributed by atoms with Crippen LogP contribution in [0.25, 0.3) is 0 Å². The highest BCUT2D eigenvalue weighted by molar-refractivity contribution is 6.12. The fraction of sp³-hybridized carbons (Fsp3) is 0.781. The van der Waals surface area contributed by atoms with Crippen molar-refractivity contribution in [3.8, 4) is 0 Å². The molecule has 1 heterocycles. The van der Waals surface area contributed by atoms with E-state index in [2.05, 4.69) is 5.32 Å². The number of primary amides is 1. The Kier molecular flexibility index (Phi) is 18.7. The van der Waals surface area contributed by atoms with Crippen LogP contribution in [0.15, 0.2) is 12.2 Å². The number of nitrogens with one attached hydrogen (secondary N) is 1. The maximum absolute atomic E-state index is 11.8. The first kappa shape index (κ1) is 37.5. The highest BCUT2D eigenvalue weighted by atomic mass is 16.6. The van der Waals surface area contributed by atoms with Crippen LogP contribution in [0.5, 0.6) is 0 Å². The van der Waals surface area contributed by atoms with Crippen LogP contribution < -0.4 is 11.1 Å². The molecule has 2 fully saturated rings. The van der Waals surface area contributed by atoms with Crippen LogP contribution in [-0.4, -0.2) is 100 Å². The summed E-state index contributed by atoms with van der Waals surface area (Å²) in [5.74, 6) is 0.620. The molecule has 12 heteroatoms. The number of rotatable bonds is 19. The van der Waals surface area contributed by atoms with E-state index in [0.717, 1.165) is 51.4 Å². The van der Waals surface area contributed by atoms with E-state index in [1.165, 1.54) is 17.1 Å². The molecule has 2 saturated carbocycles. The van der Waals surface area contributed by atoms with Gasteiger partial charge in [0.25, 0.3) is 11.8 Å². The number of ether oxygens (including phenoxy) is 4. The zero-order valence-electron chi connectivity index (χ0n) is 26.6. The zero-order valence-corrected chi connectivity index (χ0v) is 26.6. The van der Waals surface area contributed by atoms with Gasteiger partial charge in [-0.05, 0) is 77.0 Å². The Bertz CT molecular complexity index is 908. The summed E-state index contributed by atoms with van der Waals surface area (Å²) in [5.41, 5.74) is 5.25. The van der Waals surface area contributed by atoms with Gasteiger partial charge in [-0.1, -0.05) is 0 Å². The van der Waals surface area contributed by atoms with Gasteiger partial charge < -0.3 is 30.0 Å². The number of carbonyl (C=O) groups is 5. The molecule has 0 unspecified atom stereocenters. The van der Waals surface area contributed by atoms with Crippen LogP contribution in [0.1, 0.15) is 71.6 Å². The predicted molar refractivity (Wildman–Crippen MR) is 163 cm³/mol. The molecule has 0 aromatic heterocycles. The molecule has 1 aliphatic heterocycles. The first-order valence-electron chi connectivity index (χ1n) is 16.1. The third-order valence-electron chi connectivity index (χ3n) is 8.39. The second-order valence-electron chi connectivity index (χ2n) is 11.7. The number of imide groups is 1. The van der Waals surface area contributed by atoms with E-state index in [-0.39, 0.29) is 35.5 Å². The minimum absolute atomic E-state index is 0.0207. The highest BCUT2D eigenvalue weighted by Gasteiger charge is 2.30. The second kappa shape index (κ2) is 21.9. The van der Waals surface area contributed by atoms with E-state index in [1.807, 2.05) is 6.92 Å². The van der Waals surface area contributed by atoms with Gasteiger partial charge in [-0.25, -0.2) is 0 Å². The van der Waals surface area contributed by atoms with Gasteiger partial charge in [0.1, 0.15) is 5.78 Å². The Morgan fingerprint density at radius 2 is 1.23 bits per heavy atom. The summed E-state index contributed by atoms with van der Waals surface area (Å²) in [6, 6.07) is 0. The molecular formula is C32H53N3O9. The largest absolute Gasteiger partial charge is 0.379 e.